The second kappa shape index (κ2) is 4.33. The highest BCUT2D eigenvalue weighted by atomic mass is 32.1. The van der Waals surface area contributed by atoms with E-state index in [1.54, 1.807) is 6.92 Å². The van der Waals surface area contributed by atoms with Crippen LogP contribution in [0.1, 0.15) is 19.8 Å². The molecule has 0 aromatic carbocycles. The molecule has 0 bridgehead atoms. The Morgan fingerprint density at radius 3 is 2.30 bits per heavy atom. The van der Waals surface area contributed by atoms with Gasteiger partial charge in [-0.1, -0.05) is 0 Å². The Morgan fingerprint density at radius 2 is 2.00 bits per heavy atom. The molecular weight excluding hydrogens is 152 g/mol. The van der Waals surface area contributed by atoms with Crippen LogP contribution in [0.4, 0.5) is 0 Å². The Labute approximate surface area is 64.8 Å². The van der Waals surface area contributed by atoms with Crippen molar-refractivity contribution < 1.29 is 14.7 Å². The van der Waals surface area contributed by atoms with E-state index in [4.69, 9.17) is 5.11 Å². The zero-order valence-corrected chi connectivity index (χ0v) is 6.60. The largest absolute Gasteiger partial charge is 0.481 e. The van der Waals surface area contributed by atoms with Crippen LogP contribution in [0.3, 0.4) is 0 Å². The zero-order chi connectivity index (χ0) is 8.15. The number of aliphatic carboxylic acids is 1. The van der Waals surface area contributed by atoms with Gasteiger partial charge in [0.25, 0.3) is 0 Å². The molecule has 0 spiro atoms. The molecule has 0 aliphatic heterocycles. The number of carbonyl (C=O) groups is 2. The molecule has 0 aromatic heterocycles. The maximum atomic E-state index is 10.7. The van der Waals surface area contributed by atoms with Gasteiger partial charge in [-0.15, -0.1) is 0 Å². The van der Waals surface area contributed by atoms with Gasteiger partial charge < -0.3 is 5.11 Å². The third-order valence-corrected chi connectivity index (χ3v) is 1.34. The smallest absolute Gasteiger partial charge is 0.303 e. The first kappa shape index (κ1) is 9.49. The van der Waals surface area contributed by atoms with E-state index in [9.17, 15) is 9.59 Å². The van der Waals surface area contributed by atoms with Gasteiger partial charge in [-0.25, -0.2) is 0 Å². The number of rotatable bonds is 4. The lowest BCUT2D eigenvalue weighted by atomic mass is 10.2. The van der Waals surface area contributed by atoms with Gasteiger partial charge in [0, 0.05) is 6.42 Å². The number of carboxylic acid groups (broad SMARTS) is 1. The van der Waals surface area contributed by atoms with E-state index in [0.29, 0.717) is 0 Å². The molecule has 1 atom stereocenters. The lowest BCUT2D eigenvalue weighted by Gasteiger charge is -1.99. The van der Waals surface area contributed by atoms with E-state index in [1.807, 2.05) is 0 Å². The van der Waals surface area contributed by atoms with Gasteiger partial charge in [0.05, 0.1) is 11.7 Å². The summed E-state index contributed by atoms with van der Waals surface area (Å²) in [6, 6.07) is 0. The molecule has 0 aliphatic rings. The molecule has 0 saturated heterocycles. The van der Waals surface area contributed by atoms with Crippen molar-refractivity contribution in [2.45, 2.75) is 25.0 Å². The molecule has 0 rings (SSSR count). The molecule has 0 amide bonds. The van der Waals surface area contributed by atoms with E-state index in [-0.39, 0.29) is 23.9 Å². The van der Waals surface area contributed by atoms with Gasteiger partial charge in [0.1, 0.15) is 5.78 Å². The van der Waals surface area contributed by atoms with Crippen molar-refractivity contribution in [3.63, 3.8) is 0 Å². The summed E-state index contributed by atoms with van der Waals surface area (Å²) in [5.74, 6) is -1.06. The number of hydrogen-bond acceptors (Lipinski definition) is 3. The quantitative estimate of drug-likeness (QED) is 0.599. The normalized spacial score (nSPS) is 12.6. The fourth-order valence-electron chi connectivity index (χ4n) is 0.439. The van der Waals surface area contributed by atoms with Crippen LogP contribution in [-0.2, 0) is 9.59 Å². The Bertz CT molecular complexity index is 142. The summed E-state index contributed by atoms with van der Waals surface area (Å²) in [6.07, 6.45) is -0.0102. The van der Waals surface area contributed by atoms with E-state index in [0.717, 1.165) is 0 Å². The second-order valence-corrected chi connectivity index (χ2v) is 2.81. The summed E-state index contributed by atoms with van der Waals surface area (Å²) < 4.78 is 0. The summed E-state index contributed by atoms with van der Waals surface area (Å²) in [6.45, 7) is 1.63. The van der Waals surface area contributed by atoms with Gasteiger partial charge in [-0.2, -0.15) is 12.6 Å². The number of hydrogen-bond donors (Lipinski definition) is 2. The first-order valence-electron chi connectivity index (χ1n) is 2.96. The van der Waals surface area contributed by atoms with E-state index in [2.05, 4.69) is 12.6 Å². The van der Waals surface area contributed by atoms with Gasteiger partial charge in [-0.3, -0.25) is 9.59 Å². The van der Waals surface area contributed by atoms with Crippen molar-refractivity contribution in [3.05, 3.63) is 0 Å². The highest BCUT2D eigenvalue weighted by molar-refractivity contribution is 7.81. The van der Waals surface area contributed by atoms with Crippen LogP contribution in [0.15, 0.2) is 0 Å². The van der Waals surface area contributed by atoms with Crippen LogP contribution in [0.2, 0.25) is 0 Å². The minimum atomic E-state index is -0.942. The van der Waals surface area contributed by atoms with Gasteiger partial charge in [0.15, 0.2) is 0 Å². The lowest BCUT2D eigenvalue weighted by Crippen LogP contribution is -2.11. The Hall–Kier alpha value is -0.510. The predicted molar refractivity (Wildman–Crippen MR) is 40.3 cm³/mol. The SMILES string of the molecule is C[C@@H](S)C(=O)CCC(=O)O. The standard InChI is InChI=1S/C6H10O3S/c1-4(10)5(7)2-3-6(8)9/h4,10H,2-3H2,1H3,(H,8,9)/t4-/m1/s1. The molecule has 0 aliphatic carbocycles. The Morgan fingerprint density at radius 1 is 1.50 bits per heavy atom. The summed E-state index contributed by atoms with van der Waals surface area (Å²) in [5.41, 5.74) is 0. The number of ketones is 1. The molecule has 10 heavy (non-hydrogen) atoms. The molecule has 0 saturated carbocycles. The summed E-state index contributed by atoms with van der Waals surface area (Å²) in [5, 5.41) is 7.82. The van der Waals surface area contributed by atoms with Crippen molar-refractivity contribution in [1.29, 1.82) is 0 Å². The molecule has 1 N–H and O–H groups in total. The number of carbonyl (C=O) groups excluding carboxylic acids is 1. The maximum absolute atomic E-state index is 10.7. The number of thiol groups is 1. The van der Waals surface area contributed by atoms with Gasteiger partial charge in [0.2, 0.25) is 0 Å². The highest BCUT2D eigenvalue weighted by Crippen LogP contribution is 2.00. The maximum Gasteiger partial charge on any atom is 0.303 e. The fraction of sp³-hybridized carbons (Fsp3) is 0.667. The minimum absolute atomic E-state index is 0.0833. The Kier molecular flexibility index (Phi) is 4.11. The van der Waals surface area contributed by atoms with Gasteiger partial charge >= 0.3 is 5.97 Å². The number of Topliss-reactive ketones (excluding diaryl/α,β-unsaturated/α-hetero) is 1. The van der Waals surface area contributed by atoms with Crippen molar-refractivity contribution in [2.24, 2.45) is 0 Å². The first-order valence-corrected chi connectivity index (χ1v) is 3.48. The zero-order valence-electron chi connectivity index (χ0n) is 5.70. The molecule has 3 nitrogen and oxygen atoms in total. The van der Waals surface area contributed by atoms with E-state index >= 15 is 0 Å². The van der Waals surface area contributed by atoms with Crippen LogP contribution in [-0.4, -0.2) is 22.1 Å². The average Bonchev–Trinajstić information content (AvgIpc) is 1.82. The number of carboxylic acids is 1. The van der Waals surface area contributed by atoms with Crippen molar-refractivity contribution in [3.8, 4) is 0 Å². The monoisotopic (exact) mass is 162 g/mol. The molecule has 0 fully saturated rings. The third-order valence-electron chi connectivity index (χ3n) is 1.05. The van der Waals surface area contributed by atoms with Crippen molar-refractivity contribution in [1.82, 2.24) is 0 Å². The van der Waals surface area contributed by atoms with Crippen molar-refractivity contribution in [2.75, 3.05) is 0 Å². The predicted octanol–water partition coefficient (Wildman–Crippen LogP) is 0.739. The van der Waals surface area contributed by atoms with Crippen LogP contribution < -0.4 is 0 Å². The first-order chi connectivity index (χ1) is 4.54. The van der Waals surface area contributed by atoms with E-state index in [1.165, 1.54) is 0 Å². The summed E-state index contributed by atoms with van der Waals surface area (Å²) in [4.78, 5) is 20.7. The topological polar surface area (TPSA) is 54.4 Å². The average molecular weight is 162 g/mol. The second-order valence-electron chi connectivity index (χ2n) is 2.04. The molecule has 0 unspecified atom stereocenters. The van der Waals surface area contributed by atoms with Gasteiger partial charge in [-0.05, 0) is 6.92 Å². The Balaban J connectivity index is 3.50. The lowest BCUT2D eigenvalue weighted by molar-refractivity contribution is -0.138. The molecule has 0 heterocycles. The van der Waals surface area contributed by atoms with Crippen molar-refractivity contribution >= 4 is 24.4 Å². The minimum Gasteiger partial charge on any atom is -0.481 e. The van der Waals surface area contributed by atoms with Crippen LogP contribution in [0.5, 0.6) is 0 Å². The molecule has 4 heteroatoms. The van der Waals surface area contributed by atoms with E-state index < -0.39 is 5.97 Å². The third kappa shape index (κ3) is 4.38. The molecular formula is C6H10O3S. The van der Waals surface area contributed by atoms with Crippen LogP contribution >= 0.6 is 12.6 Å². The van der Waals surface area contributed by atoms with Crippen LogP contribution in [0.25, 0.3) is 0 Å². The molecule has 0 aromatic rings. The molecule has 0 radical (unpaired) electrons. The van der Waals surface area contributed by atoms with Crippen LogP contribution in [0, 0.1) is 0 Å². The molecule has 58 valence electrons. The summed E-state index contributed by atoms with van der Waals surface area (Å²) in [7, 11) is 0. The highest BCUT2D eigenvalue weighted by Gasteiger charge is 2.09. The summed E-state index contributed by atoms with van der Waals surface area (Å²) >= 11 is 3.85. The fourth-order valence-corrected chi connectivity index (χ4v) is 0.568.